The smallest absolute Gasteiger partial charge is 0.160 e. The Morgan fingerprint density at radius 3 is 2.58 bits per heavy atom. The minimum Gasteiger partial charge on any atom is -0.496 e. The molecule has 2 N–H and O–H groups in total. The van der Waals surface area contributed by atoms with Crippen molar-refractivity contribution in [1.29, 1.82) is 0 Å². The molecule has 0 unspecified atom stereocenters. The van der Waals surface area contributed by atoms with Crippen molar-refractivity contribution in [3.63, 3.8) is 0 Å². The zero-order valence-corrected chi connectivity index (χ0v) is 14.8. The molecule has 132 valence electrons. The molecule has 2 aliphatic rings. The number of anilines is 1. The highest BCUT2D eigenvalue weighted by molar-refractivity contribution is 5.82. The van der Waals surface area contributed by atoms with Gasteiger partial charge in [0, 0.05) is 50.5 Å². The molecule has 0 bridgehead atoms. The summed E-state index contributed by atoms with van der Waals surface area (Å²) < 4.78 is 5.58. The lowest BCUT2D eigenvalue weighted by molar-refractivity contribution is -0.119. The average Bonchev–Trinajstić information content (AvgIpc) is 2.61. The van der Waals surface area contributed by atoms with Gasteiger partial charge in [-0.3, -0.25) is 9.69 Å². The van der Waals surface area contributed by atoms with E-state index in [0.29, 0.717) is 6.54 Å². The summed E-state index contributed by atoms with van der Waals surface area (Å²) in [6.45, 7) is 6.46. The van der Waals surface area contributed by atoms with E-state index in [1.807, 2.05) is 0 Å². The van der Waals surface area contributed by atoms with Gasteiger partial charge in [-0.15, -0.1) is 0 Å². The maximum Gasteiger partial charge on any atom is 0.160 e. The Morgan fingerprint density at radius 1 is 1.17 bits per heavy atom. The normalized spacial score (nSPS) is 19.2. The van der Waals surface area contributed by atoms with Crippen LogP contribution < -0.4 is 15.4 Å². The third-order valence-electron chi connectivity index (χ3n) is 5.11. The molecule has 3 rings (SSSR count). The minimum absolute atomic E-state index is 0.0995. The van der Waals surface area contributed by atoms with Gasteiger partial charge < -0.3 is 20.3 Å². The summed E-state index contributed by atoms with van der Waals surface area (Å²) in [5, 5.41) is 0. The molecule has 6 nitrogen and oxygen atoms in total. The van der Waals surface area contributed by atoms with Crippen LogP contribution in [0.5, 0.6) is 5.75 Å². The van der Waals surface area contributed by atoms with Gasteiger partial charge in [-0.25, -0.2) is 0 Å². The molecular weight excluding hydrogens is 304 g/mol. The fourth-order valence-corrected chi connectivity index (χ4v) is 3.67. The topological polar surface area (TPSA) is 62.0 Å². The molecule has 0 atom stereocenters. The average molecular weight is 332 g/mol. The van der Waals surface area contributed by atoms with Gasteiger partial charge >= 0.3 is 0 Å². The van der Waals surface area contributed by atoms with Crippen molar-refractivity contribution in [1.82, 2.24) is 9.80 Å². The molecule has 0 radical (unpaired) electrons. The Kier molecular flexibility index (Phi) is 5.38. The molecule has 0 aromatic heterocycles. The molecule has 2 heterocycles. The van der Waals surface area contributed by atoms with Crippen LogP contribution in [0.2, 0.25) is 0 Å². The molecule has 1 saturated heterocycles. The summed E-state index contributed by atoms with van der Waals surface area (Å²) in [5.41, 5.74) is 9.39. The van der Waals surface area contributed by atoms with E-state index < -0.39 is 0 Å². The van der Waals surface area contributed by atoms with Crippen LogP contribution in [0, 0.1) is 0 Å². The molecule has 1 fully saturated rings. The van der Waals surface area contributed by atoms with Gasteiger partial charge in [-0.1, -0.05) is 0 Å². The lowest BCUT2D eigenvalue weighted by Gasteiger charge is -2.38. The second-order valence-corrected chi connectivity index (χ2v) is 6.74. The fraction of sp³-hybridized carbons (Fsp3) is 0.611. The molecule has 0 aliphatic carbocycles. The van der Waals surface area contributed by atoms with Gasteiger partial charge in [0.1, 0.15) is 5.75 Å². The number of likely N-dealkylation sites (N-methyl/N-ethyl adjacent to an activating group) is 1. The third kappa shape index (κ3) is 3.55. The van der Waals surface area contributed by atoms with E-state index in [1.165, 1.54) is 16.8 Å². The Balaban J connectivity index is 1.87. The first-order valence-corrected chi connectivity index (χ1v) is 8.68. The molecular formula is C18H28N4O2. The van der Waals surface area contributed by atoms with Gasteiger partial charge in [0.25, 0.3) is 0 Å². The molecule has 0 saturated carbocycles. The summed E-state index contributed by atoms with van der Waals surface area (Å²) in [4.78, 5) is 18.8. The van der Waals surface area contributed by atoms with Crippen molar-refractivity contribution in [2.75, 3.05) is 64.9 Å². The lowest BCUT2D eigenvalue weighted by Crippen LogP contribution is -2.45. The standard InChI is InChI=1S/C18H28N4O2/c1-20-7-9-22(10-8-20)17-3-4-18(24-2)15-5-6-21(13-16(15)17)12-14(23)11-19/h3-4H,5-13,19H2,1-2H3. The summed E-state index contributed by atoms with van der Waals surface area (Å²) >= 11 is 0. The number of hydrogen-bond donors (Lipinski definition) is 1. The van der Waals surface area contributed by atoms with Crippen molar-refractivity contribution in [3.8, 4) is 5.75 Å². The van der Waals surface area contributed by atoms with Crippen LogP contribution in [-0.2, 0) is 17.8 Å². The van der Waals surface area contributed by atoms with E-state index >= 15 is 0 Å². The number of ether oxygens (including phenoxy) is 1. The van der Waals surface area contributed by atoms with Crippen LogP contribution in [-0.4, -0.2) is 75.6 Å². The Hall–Kier alpha value is -1.63. The van der Waals surface area contributed by atoms with E-state index in [1.54, 1.807) is 7.11 Å². The van der Waals surface area contributed by atoms with Crippen molar-refractivity contribution >= 4 is 11.5 Å². The molecule has 1 aromatic carbocycles. The number of piperazine rings is 1. The van der Waals surface area contributed by atoms with Gasteiger partial charge in [0.15, 0.2) is 5.78 Å². The molecule has 1 aromatic rings. The van der Waals surface area contributed by atoms with Gasteiger partial charge in [-0.2, -0.15) is 0 Å². The zero-order chi connectivity index (χ0) is 17.1. The molecule has 0 amide bonds. The maximum atomic E-state index is 11.7. The van der Waals surface area contributed by atoms with E-state index in [0.717, 1.165) is 51.4 Å². The number of methoxy groups -OCH3 is 1. The first kappa shape index (κ1) is 17.2. The number of ketones is 1. The van der Waals surface area contributed by atoms with Crippen LogP contribution in [0.1, 0.15) is 11.1 Å². The van der Waals surface area contributed by atoms with E-state index in [-0.39, 0.29) is 12.3 Å². The Labute approximate surface area is 144 Å². The quantitative estimate of drug-likeness (QED) is 0.839. The summed E-state index contributed by atoms with van der Waals surface area (Å²) in [6, 6.07) is 4.27. The highest BCUT2D eigenvalue weighted by Gasteiger charge is 2.26. The zero-order valence-electron chi connectivity index (χ0n) is 14.8. The first-order valence-electron chi connectivity index (χ1n) is 8.68. The van der Waals surface area contributed by atoms with Crippen LogP contribution in [0.4, 0.5) is 5.69 Å². The number of nitrogens with zero attached hydrogens (tertiary/aromatic N) is 3. The number of carbonyl (C=O) groups is 1. The largest absolute Gasteiger partial charge is 0.496 e. The number of hydrogen-bond acceptors (Lipinski definition) is 6. The minimum atomic E-state index is 0.0995. The Morgan fingerprint density at radius 2 is 1.92 bits per heavy atom. The van der Waals surface area contributed by atoms with Gasteiger partial charge in [0.05, 0.1) is 20.2 Å². The SMILES string of the molecule is COc1ccc(N2CCN(C)CC2)c2c1CCN(CC(=O)CN)C2. The van der Waals surface area contributed by atoms with E-state index in [9.17, 15) is 4.79 Å². The number of Topliss-reactive ketones (excluding diaryl/α,β-unsaturated/α-hetero) is 1. The van der Waals surface area contributed by atoms with Crippen LogP contribution in [0.3, 0.4) is 0 Å². The predicted octanol–water partition coefficient (Wildman–Crippen LogP) is 0.333. The highest BCUT2D eigenvalue weighted by Crippen LogP contribution is 2.35. The number of carbonyl (C=O) groups excluding carboxylic acids is 1. The Bertz CT molecular complexity index is 597. The van der Waals surface area contributed by atoms with E-state index in [4.69, 9.17) is 10.5 Å². The first-order chi connectivity index (χ1) is 11.6. The predicted molar refractivity (Wildman–Crippen MR) is 95.7 cm³/mol. The number of nitrogens with two attached hydrogens (primary N) is 1. The van der Waals surface area contributed by atoms with Gasteiger partial charge in [0.2, 0.25) is 0 Å². The number of benzene rings is 1. The summed E-state index contributed by atoms with van der Waals surface area (Å²) in [6.07, 6.45) is 0.915. The highest BCUT2D eigenvalue weighted by atomic mass is 16.5. The monoisotopic (exact) mass is 332 g/mol. The van der Waals surface area contributed by atoms with Crippen LogP contribution in [0.25, 0.3) is 0 Å². The molecule has 2 aliphatic heterocycles. The lowest BCUT2D eigenvalue weighted by atomic mass is 9.95. The second kappa shape index (κ2) is 7.51. The number of fused-ring (bicyclic) bond motifs is 1. The second-order valence-electron chi connectivity index (χ2n) is 6.74. The number of rotatable bonds is 5. The molecule has 0 spiro atoms. The molecule has 6 heteroatoms. The van der Waals surface area contributed by atoms with Crippen molar-refractivity contribution in [3.05, 3.63) is 23.3 Å². The summed E-state index contributed by atoms with van der Waals surface area (Å²) in [7, 11) is 3.90. The van der Waals surface area contributed by atoms with Crippen LogP contribution >= 0.6 is 0 Å². The van der Waals surface area contributed by atoms with E-state index in [2.05, 4.69) is 33.9 Å². The fourth-order valence-electron chi connectivity index (χ4n) is 3.67. The van der Waals surface area contributed by atoms with Gasteiger partial charge in [-0.05, 0) is 31.2 Å². The van der Waals surface area contributed by atoms with Crippen molar-refractivity contribution < 1.29 is 9.53 Å². The van der Waals surface area contributed by atoms with Crippen LogP contribution in [0.15, 0.2) is 12.1 Å². The summed E-state index contributed by atoms with van der Waals surface area (Å²) in [5.74, 6) is 1.06. The third-order valence-corrected chi connectivity index (χ3v) is 5.11. The van der Waals surface area contributed by atoms with Crippen molar-refractivity contribution in [2.24, 2.45) is 5.73 Å². The van der Waals surface area contributed by atoms with Crippen molar-refractivity contribution in [2.45, 2.75) is 13.0 Å². The molecule has 24 heavy (non-hydrogen) atoms. The maximum absolute atomic E-state index is 11.7.